The molecule has 3 aliphatic rings. The van der Waals surface area contributed by atoms with Crippen molar-refractivity contribution in [2.75, 3.05) is 38.5 Å². The lowest BCUT2D eigenvalue weighted by atomic mass is 9.92. The monoisotopic (exact) mass is 601 g/mol. The summed E-state index contributed by atoms with van der Waals surface area (Å²) in [5.41, 5.74) is 8.09. The molecule has 2 unspecified atom stereocenters. The van der Waals surface area contributed by atoms with Crippen molar-refractivity contribution in [2.45, 2.75) is 91.8 Å². The van der Waals surface area contributed by atoms with Gasteiger partial charge in [0.2, 0.25) is 0 Å². The molecule has 6 nitrogen and oxygen atoms in total. The second-order valence-corrected chi connectivity index (χ2v) is 12.7. The highest BCUT2D eigenvalue weighted by Gasteiger charge is 2.28. The van der Waals surface area contributed by atoms with E-state index < -0.39 is 0 Å². The van der Waals surface area contributed by atoms with Crippen molar-refractivity contribution in [3.8, 4) is 0 Å². The number of benzene rings is 2. The van der Waals surface area contributed by atoms with E-state index in [1.165, 1.54) is 29.5 Å². The maximum atomic E-state index is 13.3. The fourth-order valence-electron chi connectivity index (χ4n) is 6.09. The van der Waals surface area contributed by atoms with Crippen molar-refractivity contribution in [1.82, 2.24) is 15.1 Å². The highest BCUT2D eigenvalue weighted by atomic mass is 16.1. The van der Waals surface area contributed by atoms with E-state index in [0.717, 1.165) is 68.1 Å². The van der Waals surface area contributed by atoms with Crippen molar-refractivity contribution >= 4 is 17.8 Å². The number of carbonyl (C=O) groups is 1. The number of rotatable bonds is 11. The molecule has 0 spiro atoms. The van der Waals surface area contributed by atoms with Crippen molar-refractivity contribution < 1.29 is 7.65 Å². The Bertz CT molecular complexity index is 1340. The number of amides is 1. The molecule has 1 heterocycles. The maximum absolute atomic E-state index is 13.3. The molecule has 3 atom stereocenters. The SMILES string of the molecule is CC.CCC1=CC=C(N=CC(C)N[C@@H](C)c2cccc(NC(=O)c3ccc(CN4CCN(C)CC4)c(C4CC4)c3)c2)C(C)C1.[HH].[HH]. The van der Waals surface area contributed by atoms with Crippen LogP contribution >= 0.6 is 0 Å². The summed E-state index contributed by atoms with van der Waals surface area (Å²) in [6.07, 6.45) is 11.1. The predicted molar refractivity (Wildman–Crippen MR) is 191 cm³/mol. The van der Waals surface area contributed by atoms with Crippen molar-refractivity contribution in [2.24, 2.45) is 10.9 Å². The maximum Gasteiger partial charge on any atom is 0.255 e. The Hall–Kier alpha value is -3.06. The molecule has 2 N–H and O–H groups in total. The fraction of sp³-hybridized carbons (Fsp3) is 0.526. The topological polar surface area (TPSA) is 60.0 Å². The lowest BCUT2D eigenvalue weighted by Gasteiger charge is -2.32. The standard InChI is InChI=1S/C36H49N5O.C2H6.2H2/c1-6-28-10-15-35(25(2)20-28)37-23-26(3)38-27(4)30-8-7-9-33(21-30)39-36(42)31-13-14-32(34(22-31)29-11-12-29)24-41-18-16-40(5)17-19-41;1-2;;/h7-10,13-15,21-23,25-27,29,38H,6,11-12,16-20,24H2,1-5H3,(H,39,42);1-2H3;2*1H/t25?,26?,27-;;;/m0.../s1. The van der Waals surface area contributed by atoms with E-state index in [9.17, 15) is 4.79 Å². The molecule has 1 amide bonds. The molecule has 6 heteroatoms. The van der Waals surface area contributed by atoms with E-state index in [2.05, 4.69) is 91.6 Å². The van der Waals surface area contributed by atoms with Crippen LogP contribution in [0.5, 0.6) is 0 Å². The number of carbonyl (C=O) groups excluding carboxylic acids is 1. The molecule has 1 saturated heterocycles. The van der Waals surface area contributed by atoms with Crippen LogP contribution in [0.1, 0.15) is 109 Å². The van der Waals surface area contributed by atoms with Crippen LogP contribution in [0.2, 0.25) is 0 Å². The Morgan fingerprint density at radius 1 is 1.07 bits per heavy atom. The molecule has 2 fully saturated rings. The highest BCUT2D eigenvalue weighted by Crippen LogP contribution is 2.42. The van der Waals surface area contributed by atoms with Gasteiger partial charge < -0.3 is 15.5 Å². The minimum Gasteiger partial charge on any atom is -0.322 e. The lowest BCUT2D eigenvalue weighted by molar-refractivity contribution is 0.102. The van der Waals surface area contributed by atoms with E-state index in [1.54, 1.807) is 0 Å². The van der Waals surface area contributed by atoms with Gasteiger partial charge in [-0.1, -0.05) is 57.5 Å². The Kier molecular flexibility index (Phi) is 12.5. The zero-order valence-corrected chi connectivity index (χ0v) is 28.2. The van der Waals surface area contributed by atoms with Crippen LogP contribution in [0.15, 0.2) is 70.9 Å². The second-order valence-electron chi connectivity index (χ2n) is 12.7. The molecule has 2 aromatic carbocycles. The number of aliphatic imine (C=N–C) groups is 1. The minimum absolute atomic E-state index is 0. The Labute approximate surface area is 269 Å². The number of anilines is 1. The fourth-order valence-corrected chi connectivity index (χ4v) is 6.09. The summed E-state index contributed by atoms with van der Waals surface area (Å²) in [5.74, 6) is 1.01. The lowest BCUT2D eigenvalue weighted by Crippen LogP contribution is -2.44. The van der Waals surface area contributed by atoms with Crippen LogP contribution < -0.4 is 10.6 Å². The Balaban J connectivity index is 0.00000181. The molecule has 0 bridgehead atoms. The van der Waals surface area contributed by atoms with Crippen LogP contribution in [0, 0.1) is 5.92 Å². The molecule has 2 aromatic rings. The molecule has 0 aromatic heterocycles. The third-order valence-corrected chi connectivity index (χ3v) is 9.04. The summed E-state index contributed by atoms with van der Waals surface area (Å²) in [7, 11) is 2.19. The van der Waals surface area contributed by atoms with Gasteiger partial charge in [-0.05, 0) is 99.5 Å². The smallest absolute Gasteiger partial charge is 0.255 e. The van der Waals surface area contributed by atoms with E-state index >= 15 is 0 Å². The number of hydrogen-bond donors (Lipinski definition) is 2. The Morgan fingerprint density at radius 3 is 2.50 bits per heavy atom. The van der Waals surface area contributed by atoms with Gasteiger partial charge in [0.05, 0.1) is 0 Å². The van der Waals surface area contributed by atoms with Gasteiger partial charge >= 0.3 is 0 Å². The number of likely N-dealkylation sites (N-methyl/N-ethyl adjacent to an activating group) is 1. The summed E-state index contributed by atoms with van der Waals surface area (Å²) < 4.78 is 0. The molecule has 5 rings (SSSR count). The molecule has 44 heavy (non-hydrogen) atoms. The first-order chi connectivity index (χ1) is 21.3. The predicted octanol–water partition coefficient (Wildman–Crippen LogP) is 8.45. The normalized spacial score (nSPS) is 20.8. The van der Waals surface area contributed by atoms with Crippen LogP contribution in [0.3, 0.4) is 0 Å². The van der Waals surface area contributed by atoms with Crippen molar-refractivity contribution in [3.63, 3.8) is 0 Å². The summed E-state index contributed by atoms with van der Waals surface area (Å²) in [6, 6.07) is 14.7. The number of piperazine rings is 1. The van der Waals surface area contributed by atoms with Crippen molar-refractivity contribution in [3.05, 3.63) is 88.1 Å². The van der Waals surface area contributed by atoms with Gasteiger partial charge in [-0.25, -0.2) is 0 Å². The van der Waals surface area contributed by atoms with Gasteiger partial charge in [0.25, 0.3) is 5.91 Å². The van der Waals surface area contributed by atoms with Gasteiger partial charge in [-0.2, -0.15) is 0 Å². The first kappa shape index (κ1) is 33.8. The second kappa shape index (κ2) is 16.3. The van der Waals surface area contributed by atoms with Gasteiger partial charge in [0.1, 0.15) is 0 Å². The summed E-state index contributed by atoms with van der Waals surface area (Å²) in [5, 5.41) is 6.80. The van der Waals surface area contributed by atoms with Crippen LogP contribution in [0.25, 0.3) is 0 Å². The molecule has 2 aliphatic carbocycles. The first-order valence-electron chi connectivity index (χ1n) is 16.9. The summed E-state index contributed by atoms with van der Waals surface area (Å²) in [6.45, 7) is 18.2. The molecular formula is C38H59N5O. The van der Waals surface area contributed by atoms with E-state index in [1.807, 2.05) is 38.3 Å². The number of nitrogens with zero attached hydrogens (tertiary/aromatic N) is 3. The average molecular weight is 602 g/mol. The molecule has 1 saturated carbocycles. The zero-order chi connectivity index (χ0) is 31.6. The van der Waals surface area contributed by atoms with Crippen LogP contribution in [-0.4, -0.2) is 61.2 Å². The first-order valence-corrected chi connectivity index (χ1v) is 16.9. The third kappa shape index (κ3) is 9.47. The zero-order valence-electron chi connectivity index (χ0n) is 28.2. The number of nitrogens with one attached hydrogen (secondary N) is 2. The van der Waals surface area contributed by atoms with Crippen molar-refractivity contribution in [1.29, 1.82) is 0 Å². The Morgan fingerprint density at radius 2 is 1.82 bits per heavy atom. The molecular weight excluding hydrogens is 542 g/mol. The number of allylic oxidation sites excluding steroid dienone is 4. The van der Waals surface area contributed by atoms with Gasteiger partial charge in [-0.15, -0.1) is 0 Å². The quantitative estimate of drug-likeness (QED) is 0.254. The molecule has 0 radical (unpaired) electrons. The van der Waals surface area contributed by atoms with Gasteiger partial charge in [0.15, 0.2) is 0 Å². The van der Waals surface area contributed by atoms with Gasteiger partial charge in [0, 0.05) is 76.7 Å². The van der Waals surface area contributed by atoms with Gasteiger partial charge in [-0.3, -0.25) is 14.7 Å². The van der Waals surface area contributed by atoms with Crippen LogP contribution in [0.4, 0.5) is 5.69 Å². The third-order valence-electron chi connectivity index (χ3n) is 9.04. The summed E-state index contributed by atoms with van der Waals surface area (Å²) in [4.78, 5) is 23.1. The average Bonchev–Trinajstić information content (AvgIpc) is 3.88. The highest BCUT2D eigenvalue weighted by molar-refractivity contribution is 6.04. The summed E-state index contributed by atoms with van der Waals surface area (Å²) >= 11 is 0. The van der Waals surface area contributed by atoms with Crippen LogP contribution in [-0.2, 0) is 6.54 Å². The molecule has 242 valence electrons. The minimum atomic E-state index is -0.0449. The number of hydrogen-bond acceptors (Lipinski definition) is 5. The van der Waals surface area contributed by atoms with E-state index in [0.29, 0.717) is 11.8 Å². The van der Waals surface area contributed by atoms with E-state index in [-0.39, 0.29) is 20.8 Å². The largest absolute Gasteiger partial charge is 0.322 e. The molecule has 1 aliphatic heterocycles. The van der Waals surface area contributed by atoms with E-state index in [4.69, 9.17) is 4.99 Å².